The molecule has 1 aromatic carbocycles. The zero-order chi connectivity index (χ0) is 23.1. The topological polar surface area (TPSA) is 128 Å². The lowest BCUT2D eigenvalue weighted by atomic mass is 10.2. The van der Waals surface area contributed by atoms with E-state index in [9.17, 15) is 14.4 Å². The highest BCUT2D eigenvalue weighted by molar-refractivity contribution is 7.99. The van der Waals surface area contributed by atoms with Crippen LogP contribution in [0.1, 0.15) is 33.7 Å². The molecule has 0 spiro atoms. The minimum Gasteiger partial charge on any atom is -0.465 e. The number of methoxy groups -OCH3 is 1. The normalized spacial score (nSPS) is 10.6. The summed E-state index contributed by atoms with van der Waals surface area (Å²) in [6.07, 6.45) is 1.42. The highest BCUT2D eigenvalue weighted by atomic mass is 35.5. The molecule has 0 unspecified atom stereocenters. The van der Waals surface area contributed by atoms with Crippen molar-refractivity contribution < 1.29 is 23.5 Å². The maximum Gasteiger partial charge on any atom is 0.337 e. The number of hydrogen-bond acceptors (Lipinski definition) is 8. The molecule has 0 saturated heterocycles. The smallest absolute Gasteiger partial charge is 0.337 e. The number of halogens is 1. The number of carbonyl (C=O) groups is 3. The molecule has 0 bridgehead atoms. The van der Waals surface area contributed by atoms with Crippen molar-refractivity contribution in [3.63, 3.8) is 0 Å². The summed E-state index contributed by atoms with van der Waals surface area (Å²) in [5.74, 6) is -0.444. The average molecular weight is 478 g/mol. The van der Waals surface area contributed by atoms with Crippen molar-refractivity contribution in [2.45, 2.75) is 25.2 Å². The van der Waals surface area contributed by atoms with Gasteiger partial charge in [-0.2, -0.15) is 0 Å². The number of anilines is 1. The zero-order valence-electron chi connectivity index (χ0n) is 17.3. The van der Waals surface area contributed by atoms with Crippen LogP contribution in [0, 0.1) is 0 Å². The average Bonchev–Trinajstić information content (AvgIpc) is 3.47. The molecule has 0 radical (unpaired) electrons. The molecule has 0 aliphatic carbocycles. The molecule has 0 atom stereocenters. The molecule has 168 valence electrons. The molecule has 10 nitrogen and oxygen atoms in total. The van der Waals surface area contributed by atoms with Crippen molar-refractivity contribution >= 4 is 46.8 Å². The molecule has 32 heavy (non-hydrogen) atoms. The van der Waals surface area contributed by atoms with Crippen LogP contribution < -0.4 is 10.6 Å². The van der Waals surface area contributed by atoms with Crippen LogP contribution in [0.15, 0.2) is 46.2 Å². The fourth-order valence-corrected chi connectivity index (χ4v) is 3.70. The Morgan fingerprint density at radius 1 is 1.25 bits per heavy atom. The van der Waals surface area contributed by atoms with Gasteiger partial charge in [-0.05, 0) is 37.3 Å². The summed E-state index contributed by atoms with van der Waals surface area (Å²) < 4.78 is 11.5. The molecule has 2 aromatic heterocycles. The van der Waals surface area contributed by atoms with E-state index in [0.29, 0.717) is 28.2 Å². The fourth-order valence-electron chi connectivity index (χ4n) is 2.71. The monoisotopic (exact) mass is 477 g/mol. The van der Waals surface area contributed by atoms with Gasteiger partial charge in [-0.3, -0.25) is 9.59 Å². The van der Waals surface area contributed by atoms with Crippen LogP contribution in [0.2, 0.25) is 5.02 Å². The van der Waals surface area contributed by atoms with Gasteiger partial charge in [0, 0.05) is 6.54 Å². The van der Waals surface area contributed by atoms with Crippen molar-refractivity contribution in [2.24, 2.45) is 0 Å². The SMILES string of the molecule is CCn1c(CNC(=O)c2ccco2)nnc1SCC(=O)Nc1cc(C(=O)OC)ccc1Cl. The predicted molar refractivity (Wildman–Crippen MR) is 118 cm³/mol. The second kappa shape index (κ2) is 10.8. The minimum absolute atomic E-state index is 0.0374. The van der Waals surface area contributed by atoms with E-state index in [-0.39, 0.29) is 35.4 Å². The van der Waals surface area contributed by atoms with Crippen LogP contribution in [0.4, 0.5) is 5.69 Å². The number of aromatic nitrogens is 3. The van der Waals surface area contributed by atoms with Gasteiger partial charge < -0.3 is 24.4 Å². The van der Waals surface area contributed by atoms with Gasteiger partial charge in [-0.1, -0.05) is 23.4 Å². The molecule has 2 heterocycles. The Kier molecular flexibility index (Phi) is 7.90. The molecular weight excluding hydrogens is 458 g/mol. The Bertz CT molecular complexity index is 1120. The van der Waals surface area contributed by atoms with Crippen LogP contribution in [-0.4, -0.2) is 45.4 Å². The van der Waals surface area contributed by atoms with Crippen LogP contribution in [0.3, 0.4) is 0 Å². The van der Waals surface area contributed by atoms with Gasteiger partial charge in [0.15, 0.2) is 16.7 Å². The maximum atomic E-state index is 12.4. The number of ether oxygens (including phenoxy) is 1. The number of esters is 1. The molecule has 12 heteroatoms. The summed E-state index contributed by atoms with van der Waals surface area (Å²) in [6.45, 7) is 2.61. The van der Waals surface area contributed by atoms with Gasteiger partial charge in [0.25, 0.3) is 5.91 Å². The minimum atomic E-state index is -0.533. The fraction of sp³-hybridized carbons (Fsp3) is 0.250. The van der Waals surface area contributed by atoms with Gasteiger partial charge in [0.2, 0.25) is 5.91 Å². The first kappa shape index (κ1) is 23.4. The van der Waals surface area contributed by atoms with E-state index in [0.717, 1.165) is 0 Å². The maximum absolute atomic E-state index is 12.4. The Morgan fingerprint density at radius 3 is 2.75 bits per heavy atom. The summed E-state index contributed by atoms with van der Waals surface area (Å²) >= 11 is 7.30. The molecule has 0 saturated carbocycles. The lowest BCUT2D eigenvalue weighted by molar-refractivity contribution is -0.113. The van der Waals surface area contributed by atoms with Crippen LogP contribution in [0.5, 0.6) is 0 Å². The van der Waals surface area contributed by atoms with E-state index < -0.39 is 5.97 Å². The van der Waals surface area contributed by atoms with Gasteiger partial charge in [0.05, 0.1) is 41.9 Å². The lowest BCUT2D eigenvalue weighted by Gasteiger charge is -2.10. The van der Waals surface area contributed by atoms with E-state index in [1.54, 1.807) is 16.7 Å². The molecular formula is C20H20ClN5O5S. The van der Waals surface area contributed by atoms with Crippen LogP contribution in [-0.2, 0) is 22.6 Å². The number of rotatable bonds is 9. The number of nitrogens with zero attached hydrogens (tertiary/aromatic N) is 3. The Hall–Kier alpha value is -3.31. The van der Waals surface area contributed by atoms with Crippen molar-refractivity contribution in [3.05, 3.63) is 58.8 Å². The largest absolute Gasteiger partial charge is 0.465 e. The van der Waals surface area contributed by atoms with Crippen molar-refractivity contribution in [1.29, 1.82) is 0 Å². The van der Waals surface area contributed by atoms with Crippen molar-refractivity contribution in [1.82, 2.24) is 20.1 Å². The second-order valence-corrected chi connectivity index (χ2v) is 7.68. The standard InChI is InChI=1S/C20H20ClN5O5S/c1-3-26-16(10-22-18(28)15-5-4-8-31-15)24-25-20(26)32-11-17(27)23-14-9-12(19(29)30-2)6-7-13(14)21/h4-9H,3,10-11H2,1-2H3,(H,22,28)(H,23,27). The third kappa shape index (κ3) is 5.68. The van der Waals surface area contributed by atoms with Crippen LogP contribution in [0.25, 0.3) is 0 Å². The molecule has 0 fully saturated rings. The number of thioether (sulfide) groups is 1. The first-order valence-corrected chi connectivity index (χ1v) is 10.8. The molecule has 0 aliphatic heterocycles. The summed E-state index contributed by atoms with van der Waals surface area (Å²) in [5, 5.41) is 14.4. The number of nitrogens with one attached hydrogen (secondary N) is 2. The molecule has 3 aromatic rings. The third-order valence-corrected chi connectivity index (χ3v) is 5.55. The second-order valence-electron chi connectivity index (χ2n) is 6.33. The van der Waals surface area contributed by atoms with E-state index in [1.165, 1.54) is 43.3 Å². The Morgan fingerprint density at radius 2 is 2.06 bits per heavy atom. The first-order valence-electron chi connectivity index (χ1n) is 9.47. The first-order chi connectivity index (χ1) is 15.4. The quantitative estimate of drug-likeness (QED) is 0.355. The number of carbonyl (C=O) groups excluding carboxylic acids is 3. The highest BCUT2D eigenvalue weighted by Gasteiger charge is 2.16. The van der Waals surface area contributed by atoms with E-state index in [1.807, 2.05) is 6.92 Å². The summed E-state index contributed by atoms with van der Waals surface area (Å²) in [7, 11) is 1.27. The Balaban J connectivity index is 1.59. The third-order valence-electron chi connectivity index (χ3n) is 4.26. The zero-order valence-corrected chi connectivity index (χ0v) is 18.8. The number of amides is 2. The van der Waals surface area contributed by atoms with Crippen LogP contribution >= 0.6 is 23.4 Å². The predicted octanol–water partition coefficient (Wildman–Crippen LogP) is 2.99. The molecule has 2 amide bonds. The molecule has 2 N–H and O–H groups in total. The molecule has 0 aliphatic rings. The van der Waals surface area contributed by atoms with Gasteiger partial charge in [-0.25, -0.2) is 4.79 Å². The lowest BCUT2D eigenvalue weighted by Crippen LogP contribution is -2.24. The van der Waals surface area contributed by atoms with Crippen molar-refractivity contribution in [3.8, 4) is 0 Å². The molecule has 3 rings (SSSR count). The van der Waals surface area contributed by atoms with E-state index in [2.05, 4.69) is 25.6 Å². The van der Waals surface area contributed by atoms with Gasteiger partial charge in [-0.15, -0.1) is 10.2 Å². The Labute approximate surface area is 192 Å². The number of benzene rings is 1. The highest BCUT2D eigenvalue weighted by Crippen LogP contribution is 2.24. The van der Waals surface area contributed by atoms with Crippen molar-refractivity contribution in [2.75, 3.05) is 18.2 Å². The van der Waals surface area contributed by atoms with Gasteiger partial charge in [0.1, 0.15) is 0 Å². The number of furan rings is 1. The summed E-state index contributed by atoms with van der Waals surface area (Å²) in [5.41, 5.74) is 0.574. The summed E-state index contributed by atoms with van der Waals surface area (Å²) in [4.78, 5) is 36.1. The number of hydrogen-bond donors (Lipinski definition) is 2. The van der Waals surface area contributed by atoms with E-state index in [4.69, 9.17) is 16.0 Å². The van der Waals surface area contributed by atoms with E-state index >= 15 is 0 Å². The summed E-state index contributed by atoms with van der Waals surface area (Å²) in [6, 6.07) is 7.65. The van der Waals surface area contributed by atoms with Gasteiger partial charge >= 0.3 is 5.97 Å².